The summed E-state index contributed by atoms with van der Waals surface area (Å²) in [6, 6.07) is 5.12. The summed E-state index contributed by atoms with van der Waals surface area (Å²) in [4.78, 5) is 3.61. The van der Waals surface area contributed by atoms with Crippen molar-refractivity contribution in [3.8, 4) is 0 Å². The molecule has 9 heteroatoms. The summed E-state index contributed by atoms with van der Waals surface area (Å²) in [6.07, 6.45) is 3.89. The molecule has 4 heterocycles. The first-order chi connectivity index (χ1) is 17.8. The van der Waals surface area contributed by atoms with Gasteiger partial charge in [0.25, 0.3) is 6.43 Å². The molecule has 6 rings (SSSR count). The van der Waals surface area contributed by atoms with Crippen molar-refractivity contribution in [2.24, 2.45) is 5.41 Å². The number of anilines is 1. The second-order valence-corrected chi connectivity index (χ2v) is 11.1. The van der Waals surface area contributed by atoms with Gasteiger partial charge in [0, 0.05) is 35.8 Å². The maximum absolute atomic E-state index is 15.9. The lowest BCUT2D eigenvalue weighted by Gasteiger charge is -2.45. The van der Waals surface area contributed by atoms with Crippen molar-refractivity contribution in [1.29, 1.82) is 0 Å². The van der Waals surface area contributed by atoms with E-state index in [2.05, 4.69) is 20.4 Å². The van der Waals surface area contributed by atoms with E-state index in [9.17, 15) is 8.78 Å². The number of nitrogens with one attached hydrogen (secondary N) is 2. The Kier molecular flexibility index (Phi) is 6.39. The molecule has 0 bridgehead atoms. The smallest absolute Gasteiger partial charge is 0.251 e. The molecule has 2 atom stereocenters. The molecule has 3 aromatic rings. The number of aromatic nitrogens is 2. The number of benzene rings is 2. The molecule has 3 aliphatic rings. The van der Waals surface area contributed by atoms with Gasteiger partial charge in [-0.2, -0.15) is 5.10 Å². The van der Waals surface area contributed by atoms with Crippen molar-refractivity contribution in [2.45, 2.75) is 57.5 Å². The third kappa shape index (κ3) is 4.40. The minimum Gasteiger partial charge on any atom is -0.371 e. The topological polar surface area (TPSA) is 47.2 Å². The molecule has 198 valence electrons. The molecule has 0 unspecified atom stereocenters. The quantitative estimate of drug-likeness (QED) is 0.456. The molecule has 3 aliphatic heterocycles. The van der Waals surface area contributed by atoms with Crippen LogP contribution in [0.5, 0.6) is 0 Å². The van der Waals surface area contributed by atoms with Crippen LogP contribution in [0.4, 0.5) is 23.2 Å². The van der Waals surface area contributed by atoms with Crippen molar-refractivity contribution in [3.05, 3.63) is 58.8 Å². The van der Waals surface area contributed by atoms with Crippen molar-refractivity contribution in [3.63, 3.8) is 0 Å². The lowest BCUT2D eigenvalue weighted by Crippen LogP contribution is -2.46. The summed E-state index contributed by atoms with van der Waals surface area (Å²) >= 11 is 0. The van der Waals surface area contributed by atoms with Crippen molar-refractivity contribution >= 4 is 16.6 Å². The maximum atomic E-state index is 15.9. The zero-order valence-corrected chi connectivity index (χ0v) is 21.0. The van der Waals surface area contributed by atoms with Crippen LogP contribution in [-0.4, -0.2) is 60.3 Å². The average molecular weight is 516 g/mol. The fraction of sp³-hybridized carbons (Fsp3) is 0.536. The van der Waals surface area contributed by atoms with E-state index in [0.29, 0.717) is 23.1 Å². The number of hydrogen-bond donors (Lipinski definition) is 2. The molecule has 2 N–H and O–H groups in total. The number of fused-ring (bicyclic) bond motifs is 3. The minimum atomic E-state index is -2.62. The Hall–Kier alpha value is -2.65. The molecule has 5 nitrogen and oxygen atoms in total. The molecule has 0 amide bonds. The number of H-pyrrole nitrogens is 1. The predicted molar refractivity (Wildman–Crippen MR) is 136 cm³/mol. The van der Waals surface area contributed by atoms with Crippen LogP contribution in [0.15, 0.2) is 30.5 Å². The molecule has 37 heavy (non-hydrogen) atoms. The standard InChI is InChI=1S/C28H33F4N5/c1-17-12-20-19(2-3-24-21(20)15-34-35-24)27(37(17)16-25(31)32)26-22(29)13-18(14-23(26)30)36-10-6-28(7-11-36)4-8-33-9-5-28/h2-3,13-15,17,25,27,33H,4-12,16H2,1H3,(H,34,35)/t17-,27+/m0/s1. The number of nitrogens with zero attached hydrogens (tertiary/aromatic N) is 3. The van der Waals surface area contributed by atoms with Crippen LogP contribution in [0.3, 0.4) is 0 Å². The monoisotopic (exact) mass is 515 g/mol. The first-order valence-corrected chi connectivity index (χ1v) is 13.3. The summed E-state index contributed by atoms with van der Waals surface area (Å²) < 4.78 is 59.1. The molecule has 0 saturated carbocycles. The van der Waals surface area contributed by atoms with E-state index < -0.39 is 30.6 Å². The van der Waals surface area contributed by atoms with Gasteiger partial charge in [-0.1, -0.05) is 6.07 Å². The van der Waals surface area contributed by atoms with Crippen LogP contribution in [0.1, 0.15) is 55.3 Å². The number of aromatic amines is 1. The zero-order chi connectivity index (χ0) is 25.7. The van der Waals surface area contributed by atoms with Gasteiger partial charge in [0.1, 0.15) is 11.6 Å². The molecular formula is C28H33F4N5. The van der Waals surface area contributed by atoms with Gasteiger partial charge in [-0.25, -0.2) is 17.6 Å². The summed E-state index contributed by atoms with van der Waals surface area (Å²) in [5, 5.41) is 11.3. The molecule has 0 radical (unpaired) electrons. The number of rotatable bonds is 4. The number of alkyl halides is 2. The van der Waals surface area contributed by atoms with Gasteiger partial charge in [0.15, 0.2) is 0 Å². The highest BCUT2D eigenvalue weighted by Crippen LogP contribution is 2.44. The molecule has 2 fully saturated rings. The molecule has 1 aromatic heterocycles. The Balaban J connectivity index is 1.36. The Bertz CT molecular complexity index is 1250. The Morgan fingerprint density at radius 3 is 2.43 bits per heavy atom. The molecule has 2 saturated heterocycles. The van der Waals surface area contributed by atoms with E-state index in [1.165, 1.54) is 12.1 Å². The third-order valence-corrected chi connectivity index (χ3v) is 9.00. The van der Waals surface area contributed by atoms with Crippen molar-refractivity contribution in [2.75, 3.05) is 37.6 Å². The molecular weight excluding hydrogens is 482 g/mol. The lowest BCUT2D eigenvalue weighted by molar-refractivity contribution is 0.0447. The van der Waals surface area contributed by atoms with Crippen molar-refractivity contribution in [1.82, 2.24) is 20.4 Å². The van der Waals surface area contributed by atoms with E-state index in [1.807, 2.05) is 6.92 Å². The van der Waals surface area contributed by atoms with Gasteiger partial charge in [0.2, 0.25) is 0 Å². The second kappa shape index (κ2) is 9.58. The van der Waals surface area contributed by atoms with E-state index in [-0.39, 0.29) is 11.6 Å². The molecule has 2 aromatic carbocycles. The van der Waals surface area contributed by atoms with Gasteiger partial charge in [-0.3, -0.25) is 10.00 Å². The Morgan fingerprint density at radius 2 is 1.76 bits per heavy atom. The first kappa shape index (κ1) is 24.7. The van der Waals surface area contributed by atoms with E-state index >= 15 is 8.78 Å². The number of piperidine rings is 2. The Labute approximate surface area is 214 Å². The first-order valence-electron chi connectivity index (χ1n) is 13.3. The highest BCUT2D eigenvalue weighted by molar-refractivity contribution is 5.83. The largest absolute Gasteiger partial charge is 0.371 e. The van der Waals surface area contributed by atoms with Gasteiger partial charge >= 0.3 is 0 Å². The molecule has 1 spiro atoms. The average Bonchev–Trinajstić information content (AvgIpc) is 3.35. The predicted octanol–water partition coefficient (Wildman–Crippen LogP) is 5.41. The van der Waals surface area contributed by atoms with Gasteiger partial charge in [0.05, 0.1) is 24.3 Å². The minimum absolute atomic E-state index is 0.160. The highest BCUT2D eigenvalue weighted by Gasteiger charge is 2.40. The van der Waals surface area contributed by atoms with Gasteiger partial charge in [-0.05, 0) is 86.9 Å². The van der Waals surface area contributed by atoms with Crippen LogP contribution < -0.4 is 10.2 Å². The van der Waals surface area contributed by atoms with E-state index in [4.69, 9.17) is 0 Å². The zero-order valence-electron chi connectivity index (χ0n) is 21.0. The summed E-state index contributed by atoms with van der Waals surface area (Å²) in [5.41, 5.74) is 3.07. The maximum Gasteiger partial charge on any atom is 0.251 e. The second-order valence-electron chi connectivity index (χ2n) is 11.1. The number of halogens is 4. The SMILES string of the molecule is C[C@H]1Cc2c(ccc3[nH]ncc23)[C@H](c2c(F)cc(N3CCC4(CCNCC4)CC3)cc2F)N1CC(F)F. The van der Waals surface area contributed by atoms with Crippen molar-refractivity contribution < 1.29 is 17.6 Å². The van der Waals surface area contributed by atoms with Crippen LogP contribution in [0, 0.1) is 17.0 Å². The van der Waals surface area contributed by atoms with Gasteiger partial charge < -0.3 is 10.2 Å². The van der Waals surface area contributed by atoms with Crippen LogP contribution in [0.2, 0.25) is 0 Å². The van der Waals surface area contributed by atoms with Crippen LogP contribution in [0.25, 0.3) is 10.9 Å². The summed E-state index contributed by atoms with van der Waals surface area (Å²) in [7, 11) is 0. The normalized spacial score (nSPS) is 24.2. The fourth-order valence-corrected chi connectivity index (χ4v) is 6.90. The lowest BCUT2D eigenvalue weighted by atomic mass is 9.71. The Morgan fingerprint density at radius 1 is 1.05 bits per heavy atom. The van der Waals surface area contributed by atoms with Crippen LogP contribution >= 0.6 is 0 Å². The summed E-state index contributed by atoms with van der Waals surface area (Å²) in [5.74, 6) is -1.37. The third-order valence-electron chi connectivity index (χ3n) is 9.00. The highest BCUT2D eigenvalue weighted by atomic mass is 19.3. The van der Waals surface area contributed by atoms with E-state index in [1.54, 1.807) is 23.2 Å². The number of hydrogen-bond acceptors (Lipinski definition) is 4. The molecule has 0 aliphatic carbocycles. The van der Waals surface area contributed by atoms with Crippen LogP contribution in [-0.2, 0) is 6.42 Å². The fourth-order valence-electron chi connectivity index (χ4n) is 6.90. The summed E-state index contributed by atoms with van der Waals surface area (Å²) in [6.45, 7) is 4.86. The van der Waals surface area contributed by atoms with Gasteiger partial charge in [-0.15, -0.1) is 0 Å². The van der Waals surface area contributed by atoms with E-state index in [0.717, 1.165) is 68.3 Å².